The largest absolute Gasteiger partial charge is 0.381 e. The van der Waals surface area contributed by atoms with Crippen LogP contribution < -0.4 is 5.32 Å². The van der Waals surface area contributed by atoms with E-state index in [0.717, 1.165) is 50.7 Å². The molecule has 1 saturated heterocycles. The Morgan fingerprint density at radius 1 is 1.33 bits per heavy atom. The third-order valence-electron chi connectivity index (χ3n) is 4.63. The zero-order chi connectivity index (χ0) is 18.2. The van der Waals surface area contributed by atoms with Crippen LogP contribution in [0.1, 0.15) is 22.7 Å². The van der Waals surface area contributed by atoms with Crippen molar-refractivity contribution in [3.8, 4) is 0 Å². The van der Waals surface area contributed by atoms with E-state index in [4.69, 9.17) is 9.72 Å². The summed E-state index contributed by atoms with van der Waals surface area (Å²) in [7, 11) is 3.91. The fourth-order valence-corrected chi connectivity index (χ4v) is 3.99. The van der Waals surface area contributed by atoms with Gasteiger partial charge in [0.1, 0.15) is 0 Å². The van der Waals surface area contributed by atoms with Gasteiger partial charge in [-0.25, -0.2) is 4.98 Å². The number of nitrogens with one attached hydrogen (secondary N) is 1. The van der Waals surface area contributed by atoms with Crippen molar-refractivity contribution in [1.82, 2.24) is 15.2 Å². The van der Waals surface area contributed by atoms with Gasteiger partial charge in [-0.15, -0.1) is 35.3 Å². The first-order valence-corrected chi connectivity index (χ1v) is 10.1. The minimum Gasteiger partial charge on any atom is -0.381 e. The second kappa shape index (κ2) is 11.6. The molecule has 7 heteroatoms. The van der Waals surface area contributed by atoms with E-state index in [1.807, 2.05) is 7.05 Å². The van der Waals surface area contributed by atoms with Crippen molar-refractivity contribution in [2.75, 3.05) is 33.9 Å². The molecular formula is C20H29IN4OS. The quantitative estimate of drug-likeness (QED) is 0.359. The molecule has 0 aliphatic carbocycles. The van der Waals surface area contributed by atoms with Gasteiger partial charge in [-0.2, -0.15) is 0 Å². The van der Waals surface area contributed by atoms with Crippen LogP contribution in [0.3, 0.4) is 0 Å². The predicted octanol–water partition coefficient (Wildman–Crippen LogP) is 3.59. The van der Waals surface area contributed by atoms with E-state index < -0.39 is 0 Å². The molecular weight excluding hydrogens is 471 g/mol. The molecule has 1 aromatic heterocycles. The Bertz CT molecular complexity index is 701. The molecule has 1 fully saturated rings. The summed E-state index contributed by atoms with van der Waals surface area (Å²) in [6.45, 7) is 3.42. The molecule has 1 aromatic carbocycles. The van der Waals surface area contributed by atoms with Crippen LogP contribution in [0.5, 0.6) is 0 Å². The van der Waals surface area contributed by atoms with Crippen LogP contribution in [-0.4, -0.2) is 49.7 Å². The Hall–Kier alpha value is -1.19. The Kier molecular flexibility index (Phi) is 9.50. The molecule has 0 amide bonds. The van der Waals surface area contributed by atoms with Gasteiger partial charge < -0.3 is 15.0 Å². The summed E-state index contributed by atoms with van der Waals surface area (Å²) in [6.07, 6.45) is 3.16. The van der Waals surface area contributed by atoms with Crippen molar-refractivity contribution in [1.29, 1.82) is 0 Å². The second-order valence-electron chi connectivity index (χ2n) is 6.73. The van der Waals surface area contributed by atoms with Gasteiger partial charge in [0.05, 0.1) is 23.9 Å². The van der Waals surface area contributed by atoms with Crippen LogP contribution in [-0.2, 0) is 24.1 Å². The zero-order valence-corrected chi connectivity index (χ0v) is 19.2. The maximum Gasteiger partial charge on any atom is 0.193 e. The highest BCUT2D eigenvalue weighted by Gasteiger charge is 2.19. The van der Waals surface area contributed by atoms with Crippen molar-refractivity contribution < 1.29 is 4.74 Å². The van der Waals surface area contributed by atoms with Crippen LogP contribution in [0.4, 0.5) is 0 Å². The fraction of sp³-hybridized carbons (Fsp3) is 0.500. The third kappa shape index (κ3) is 7.04. The predicted molar refractivity (Wildman–Crippen MR) is 123 cm³/mol. The van der Waals surface area contributed by atoms with Crippen LogP contribution in [0.2, 0.25) is 0 Å². The van der Waals surface area contributed by atoms with Crippen molar-refractivity contribution in [2.24, 2.45) is 10.9 Å². The number of halogens is 1. The Morgan fingerprint density at radius 2 is 2.15 bits per heavy atom. The van der Waals surface area contributed by atoms with Crippen molar-refractivity contribution in [3.63, 3.8) is 0 Å². The van der Waals surface area contributed by atoms with E-state index in [1.165, 1.54) is 10.6 Å². The number of guanidine groups is 1. The summed E-state index contributed by atoms with van der Waals surface area (Å²) in [5.74, 6) is 1.51. The number of rotatable bonds is 7. The standard InChI is InChI=1S/C20H28N4OS.HI/c1-21-20(24(2)13-17-10-11-25-14-17)22-12-18-15-26-19(23-18)9-8-16-6-4-3-5-7-16;/h3-7,15,17H,8-14H2,1-2H3,(H,21,22);1H. The van der Waals surface area contributed by atoms with E-state index in [-0.39, 0.29) is 24.0 Å². The van der Waals surface area contributed by atoms with Gasteiger partial charge in [0.2, 0.25) is 0 Å². The molecule has 2 aromatic rings. The molecule has 0 saturated carbocycles. The lowest BCUT2D eigenvalue weighted by molar-refractivity contribution is 0.181. The maximum atomic E-state index is 5.46. The summed E-state index contributed by atoms with van der Waals surface area (Å²) in [5, 5.41) is 6.76. The molecule has 27 heavy (non-hydrogen) atoms. The highest BCUT2D eigenvalue weighted by Crippen LogP contribution is 2.14. The normalized spacial score (nSPS) is 16.8. The molecule has 148 valence electrons. The smallest absolute Gasteiger partial charge is 0.193 e. The topological polar surface area (TPSA) is 49.8 Å². The second-order valence-corrected chi connectivity index (χ2v) is 7.67. The average molecular weight is 500 g/mol. The van der Waals surface area contributed by atoms with E-state index in [0.29, 0.717) is 12.5 Å². The zero-order valence-electron chi connectivity index (χ0n) is 16.1. The summed E-state index contributed by atoms with van der Waals surface area (Å²) in [6, 6.07) is 10.6. The number of thiazole rings is 1. The minimum absolute atomic E-state index is 0. The fourth-order valence-electron chi connectivity index (χ4n) is 3.20. The highest BCUT2D eigenvalue weighted by atomic mass is 127. The Balaban J connectivity index is 0.00000261. The molecule has 1 unspecified atom stereocenters. The number of hydrogen-bond donors (Lipinski definition) is 1. The number of aromatic nitrogens is 1. The molecule has 1 aliphatic rings. The lowest BCUT2D eigenvalue weighted by atomic mass is 10.1. The van der Waals surface area contributed by atoms with Gasteiger partial charge in [-0.3, -0.25) is 4.99 Å². The van der Waals surface area contributed by atoms with Gasteiger partial charge in [-0.05, 0) is 18.4 Å². The van der Waals surface area contributed by atoms with Crippen molar-refractivity contribution in [3.05, 3.63) is 52.0 Å². The van der Waals surface area contributed by atoms with Crippen LogP contribution in [0.15, 0.2) is 40.7 Å². The number of nitrogens with zero attached hydrogens (tertiary/aromatic N) is 3. The summed E-state index contributed by atoms with van der Waals surface area (Å²) in [5.41, 5.74) is 2.44. The van der Waals surface area contributed by atoms with E-state index in [2.05, 4.69) is 58.0 Å². The van der Waals surface area contributed by atoms with Gasteiger partial charge in [0.15, 0.2) is 5.96 Å². The SMILES string of the molecule is CN=C(NCc1csc(CCc2ccccc2)n1)N(C)CC1CCOC1.I. The average Bonchev–Trinajstić information content (AvgIpc) is 3.33. The van der Waals surface area contributed by atoms with Gasteiger partial charge in [0.25, 0.3) is 0 Å². The van der Waals surface area contributed by atoms with E-state index >= 15 is 0 Å². The number of hydrogen-bond acceptors (Lipinski definition) is 4. The van der Waals surface area contributed by atoms with Gasteiger partial charge in [-0.1, -0.05) is 30.3 Å². The maximum absolute atomic E-state index is 5.46. The highest BCUT2D eigenvalue weighted by molar-refractivity contribution is 14.0. The number of benzene rings is 1. The summed E-state index contributed by atoms with van der Waals surface area (Å²) >= 11 is 1.74. The molecule has 1 N–H and O–H groups in total. The Labute approximate surface area is 183 Å². The van der Waals surface area contributed by atoms with E-state index in [9.17, 15) is 0 Å². The first-order chi connectivity index (χ1) is 12.7. The minimum atomic E-state index is 0. The van der Waals surface area contributed by atoms with Gasteiger partial charge in [0, 0.05) is 45.0 Å². The van der Waals surface area contributed by atoms with Crippen molar-refractivity contribution >= 4 is 41.3 Å². The molecule has 0 spiro atoms. The van der Waals surface area contributed by atoms with Crippen LogP contribution >= 0.6 is 35.3 Å². The monoisotopic (exact) mass is 500 g/mol. The first-order valence-electron chi connectivity index (χ1n) is 9.21. The lowest BCUT2D eigenvalue weighted by Crippen LogP contribution is -2.41. The Morgan fingerprint density at radius 3 is 2.85 bits per heavy atom. The third-order valence-corrected chi connectivity index (χ3v) is 5.58. The number of ether oxygens (including phenoxy) is 1. The number of aryl methyl sites for hydroxylation is 2. The summed E-state index contributed by atoms with van der Waals surface area (Å²) < 4.78 is 5.46. The molecule has 3 rings (SSSR count). The summed E-state index contributed by atoms with van der Waals surface area (Å²) in [4.78, 5) is 11.3. The molecule has 1 aliphatic heterocycles. The van der Waals surface area contributed by atoms with Gasteiger partial charge >= 0.3 is 0 Å². The molecule has 2 heterocycles. The van der Waals surface area contributed by atoms with Crippen molar-refractivity contribution in [2.45, 2.75) is 25.8 Å². The van der Waals surface area contributed by atoms with E-state index in [1.54, 1.807) is 11.3 Å². The van der Waals surface area contributed by atoms with Crippen LogP contribution in [0, 0.1) is 5.92 Å². The lowest BCUT2D eigenvalue weighted by Gasteiger charge is -2.24. The molecule has 0 radical (unpaired) electrons. The first kappa shape index (κ1) is 22.1. The number of aliphatic imine (C=N–C) groups is 1. The molecule has 1 atom stereocenters. The molecule has 0 bridgehead atoms. The molecule has 5 nitrogen and oxygen atoms in total. The van der Waals surface area contributed by atoms with Crippen LogP contribution in [0.25, 0.3) is 0 Å².